The monoisotopic (exact) mass is 199 g/mol. The maximum absolute atomic E-state index is 8.97. The first-order valence-corrected chi connectivity index (χ1v) is 5.42. The summed E-state index contributed by atoms with van der Waals surface area (Å²) < 4.78 is 0. The van der Waals surface area contributed by atoms with E-state index in [1.165, 1.54) is 22.3 Å². The SMILES string of the molecule is ON=C1CCCC2=C1Cc1ccccc12. The van der Waals surface area contributed by atoms with Gasteiger partial charge in [-0.25, -0.2) is 0 Å². The van der Waals surface area contributed by atoms with Crippen molar-refractivity contribution in [3.8, 4) is 0 Å². The van der Waals surface area contributed by atoms with Crippen LogP contribution in [0.15, 0.2) is 35.0 Å². The summed E-state index contributed by atoms with van der Waals surface area (Å²) in [5.74, 6) is 0. The predicted molar refractivity (Wildman–Crippen MR) is 60.1 cm³/mol. The van der Waals surface area contributed by atoms with Crippen molar-refractivity contribution in [1.82, 2.24) is 0 Å². The predicted octanol–water partition coefficient (Wildman–Crippen LogP) is 3.01. The molecule has 0 bridgehead atoms. The average molecular weight is 199 g/mol. The van der Waals surface area contributed by atoms with Crippen LogP contribution in [-0.2, 0) is 6.42 Å². The minimum atomic E-state index is 0.896. The molecule has 2 nitrogen and oxygen atoms in total. The van der Waals surface area contributed by atoms with Crippen LogP contribution in [0, 0.1) is 0 Å². The molecule has 2 heteroatoms. The molecule has 0 aliphatic heterocycles. The summed E-state index contributed by atoms with van der Waals surface area (Å²) in [6, 6.07) is 8.51. The van der Waals surface area contributed by atoms with Crippen molar-refractivity contribution in [2.24, 2.45) is 5.16 Å². The molecule has 0 radical (unpaired) electrons. The summed E-state index contributed by atoms with van der Waals surface area (Å²) in [7, 11) is 0. The topological polar surface area (TPSA) is 32.6 Å². The van der Waals surface area contributed by atoms with Crippen molar-refractivity contribution in [2.75, 3.05) is 0 Å². The van der Waals surface area contributed by atoms with Gasteiger partial charge in [-0.1, -0.05) is 29.4 Å². The van der Waals surface area contributed by atoms with Crippen LogP contribution in [-0.4, -0.2) is 10.9 Å². The third-order valence-electron chi connectivity index (χ3n) is 3.38. The Bertz CT molecular complexity index is 471. The number of oxime groups is 1. The first-order valence-electron chi connectivity index (χ1n) is 5.42. The van der Waals surface area contributed by atoms with Crippen molar-refractivity contribution in [3.05, 3.63) is 41.0 Å². The van der Waals surface area contributed by atoms with Gasteiger partial charge in [-0.15, -0.1) is 0 Å². The highest BCUT2D eigenvalue weighted by Gasteiger charge is 2.27. The number of benzene rings is 1. The first-order chi connectivity index (χ1) is 7.40. The van der Waals surface area contributed by atoms with Gasteiger partial charge in [0.2, 0.25) is 0 Å². The summed E-state index contributed by atoms with van der Waals surface area (Å²) in [6.45, 7) is 0. The molecule has 1 N–H and O–H groups in total. The van der Waals surface area contributed by atoms with Crippen molar-refractivity contribution in [2.45, 2.75) is 25.7 Å². The highest BCUT2D eigenvalue weighted by Crippen LogP contribution is 2.40. The maximum atomic E-state index is 8.97. The molecule has 3 rings (SSSR count). The molecule has 0 spiro atoms. The molecular formula is C13H13NO. The Hall–Kier alpha value is -1.57. The molecular weight excluding hydrogens is 186 g/mol. The Morgan fingerprint density at radius 2 is 1.93 bits per heavy atom. The van der Waals surface area contributed by atoms with E-state index < -0.39 is 0 Å². The smallest absolute Gasteiger partial charge is 0.0834 e. The van der Waals surface area contributed by atoms with E-state index in [0.29, 0.717) is 0 Å². The molecule has 1 aromatic rings. The van der Waals surface area contributed by atoms with E-state index >= 15 is 0 Å². The van der Waals surface area contributed by atoms with E-state index in [2.05, 4.69) is 29.4 Å². The van der Waals surface area contributed by atoms with E-state index in [9.17, 15) is 0 Å². The zero-order chi connectivity index (χ0) is 10.3. The van der Waals surface area contributed by atoms with Gasteiger partial charge < -0.3 is 5.21 Å². The Morgan fingerprint density at radius 3 is 2.80 bits per heavy atom. The summed E-state index contributed by atoms with van der Waals surface area (Å²) in [4.78, 5) is 0. The van der Waals surface area contributed by atoms with Crippen LogP contribution < -0.4 is 0 Å². The van der Waals surface area contributed by atoms with Gasteiger partial charge in [-0.2, -0.15) is 0 Å². The lowest BCUT2D eigenvalue weighted by atomic mass is 9.90. The fourth-order valence-corrected chi connectivity index (χ4v) is 2.68. The molecule has 2 aliphatic carbocycles. The van der Waals surface area contributed by atoms with Crippen molar-refractivity contribution >= 4 is 11.3 Å². The van der Waals surface area contributed by atoms with Crippen LogP contribution >= 0.6 is 0 Å². The third-order valence-corrected chi connectivity index (χ3v) is 3.38. The second kappa shape index (κ2) is 3.23. The Labute approximate surface area is 88.9 Å². The summed E-state index contributed by atoms with van der Waals surface area (Å²) >= 11 is 0. The van der Waals surface area contributed by atoms with Gasteiger partial charge in [0.25, 0.3) is 0 Å². The molecule has 0 fully saturated rings. The molecule has 0 aromatic heterocycles. The van der Waals surface area contributed by atoms with E-state index in [0.717, 1.165) is 31.4 Å². The molecule has 15 heavy (non-hydrogen) atoms. The second-order valence-electron chi connectivity index (χ2n) is 4.19. The maximum Gasteiger partial charge on any atom is 0.0834 e. The summed E-state index contributed by atoms with van der Waals surface area (Å²) in [5.41, 5.74) is 6.32. The molecule has 0 saturated heterocycles. The number of hydrogen-bond donors (Lipinski definition) is 1. The Kier molecular flexibility index (Phi) is 1.88. The number of nitrogens with zero attached hydrogens (tertiary/aromatic N) is 1. The highest BCUT2D eigenvalue weighted by molar-refractivity contribution is 6.09. The number of allylic oxidation sites excluding steroid dienone is 2. The van der Waals surface area contributed by atoms with Gasteiger partial charge in [0.05, 0.1) is 5.71 Å². The van der Waals surface area contributed by atoms with Crippen LogP contribution in [0.25, 0.3) is 5.57 Å². The van der Waals surface area contributed by atoms with E-state index in [1.807, 2.05) is 0 Å². The second-order valence-corrected chi connectivity index (χ2v) is 4.19. The quantitative estimate of drug-likeness (QED) is 0.505. The zero-order valence-electron chi connectivity index (χ0n) is 8.53. The number of rotatable bonds is 0. The van der Waals surface area contributed by atoms with Gasteiger partial charge in [-0.05, 0) is 41.5 Å². The zero-order valence-corrected chi connectivity index (χ0v) is 8.53. The molecule has 0 atom stereocenters. The molecule has 0 heterocycles. The van der Waals surface area contributed by atoms with Crippen molar-refractivity contribution in [1.29, 1.82) is 0 Å². The summed E-state index contributed by atoms with van der Waals surface area (Å²) in [6.07, 6.45) is 4.10. The number of fused-ring (bicyclic) bond motifs is 2. The normalized spacial score (nSPS) is 21.7. The van der Waals surface area contributed by atoms with Crippen LogP contribution in [0.4, 0.5) is 0 Å². The van der Waals surface area contributed by atoms with E-state index in [4.69, 9.17) is 5.21 Å². The lowest BCUT2D eigenvalue weighted by Crippen LogP contribution is -2.09. The molecule has 76 valence electrons. The van der Waals surface area contributed by atoms with Gasteiger partial charge in [0.1, 0.15) is 0 Å². The summed E-state index contributed by atoms with van der Waals surface area (Å²) in [5, 5.41) is 12.4. The largest absolute Gasteiger partial charge is 0.411 e. The minimum absolute atomic E-state index is 0.896. The molecule has 1 aromatic carbocycles. The van der Waals surface area contributed by atoms with Crippen LogP contribution in [0.5, 0.6) is 0 Å². The van der Waals surface area contributed by atoms with Crippen LogP contribution in [0.2, 0.25) is 0 Å². The molecule has 0 unspecified atom stereocenters. The van der Waals surface area contributed by atoms with Crippen LogP contribution in [0.1, 0.15) is 30.4 Å². The Morgan fingerprint density at radius 1 is 1.07 bits per heavy atom. The standard InChI is InChI=1S/C13H13NO/c15-14-13-7-3-6-11-10-5-2-1-4-9(10)8-12(11)13/h1-2,4-5,15H,3,6-8H2. The lowest BCUT2D eigenvalue weighted by Gasteiger charge is -2.15. The van der Waals surface area contributed by atoms with E-state index in [1.54, 1.807) is 0 Å². The van der Waals surface area contributed by atoms with E-state index in [-0.39, 0.29) is 0 Å². The van der Waals surface area contributed by atoms with Crippen molar-refractivity contribution in [3.63, 3.8) is 0 Å². The molecule has 0 amide bonds. The third kappa shape index (κ3) is 1.21. The highest BCUT2D eigenvalue weighted by atomic mass is 16.4. The van der Waals surface area contributed by atoms with Gasteiger partial charge in [-0.3, -0.25) is 0 Å². The first kappa shape index (κ1) is 8.72. The van der Waals surface area contributed by atoms with Gasteiger partial charge in [0, 0.05) is 6.42 Å². The minimum Gasteiger partial charge on any atom is -0.411 e. The molecule has 0 saturated carbocycles. The van der Waals surface area contributed by atoms with Crippen LogP contribution in [0.3, 0.4) is 0 Å². The Balaban J connectivity index is 2.14. The van der Waals surface area contributed by atoms with Gasteiger partial charge in [0.15, 0.2) is 0 Å². The fourth-order valence-electron chi connectivity index (χ4n) is 2.68. The lowest BCUT2D eigenvalue weighted by molar-refractivity contribution is 0.317. The number of hydrogen-bond acceptors (Lipinski definition) is 2. The average Bonchev–Trinajstić information content (AvgIpc) is 2.67. The molecule has 2 aliphatic rings. The van der Waals surface area contributed by atoms with Gasteiger partial charge >= 0.3 is 0 Å². The van der Waals surface area contributed by atoms with Crippen molar-refractivity contribution < 1.29 is 5.21 Å². The fraction of sp³-hybridized carbons (Fsp3) is 0.308.